The van der Waals surface area contributed by atoms with Crippen LogP contribution in [0.4, 0.5) is 0 Å². The summed E-state index contributed by atoms with van der Waals surface area (Å²) in [5.74, 6) is 1.03. The zero-order valence-corrected chi connectivity index (χ0v) is 10.3. The lowest BCUT2D eigenvalue weighted by atomic mass is 10.2. The van der Waals surface area contributed by atoms with Crippen LogP contribution in [0, 0.1) is 19.1 Å². The average Bonchev–Trinajstić information content (AvgIpc) is 2.57. The van der Waals surface area contributed by atoms with Crippen molar-refractivity contribution in [3.8, 4) is 11.5 Å². The lowest BCUT2D eigenvalue weighted by Crippen LogP contribution is -2.29. The Morgan fingerprint density at radius 1 is 1.19 bits per heavy atom. The zero-order chi connectivity index (χ0) is 11.7. The van der Waals surface area contributed by atoms with Gasteiger partial charge in [0, 0.05) is 18.7 Å². The van der Waals surface area contributed by atoms with Crippen molar-refractivity contribution in [1.29, 1.82) is 0 Å². The highest BCUT2D eigenvalue weighted by atomic mass is 32.2. The summed E-state index contributed by atoms with van der Waals surface area (Å²) in [6.07, 6.45) is 2.02. The fourth-order valence-corrected chi connectivity index (χ4v) is 1.87. The van der Waals surface area contributed by atoms with Crippen LogP contribution in [0.1, 0.15) is 11.5 Å². The van der Waals surface area contributed by atoms with Gasteiger partial charge in [-0.25, -0.2) is 0 Å². The van der Waals surface area contributed by atoms with Crippen LogP contribution < -0.4 is 4.73 Å². The molecule has 0 bridgehead atoms. The minimum Gasteiger partial charge on any atom is -0.616 e. The quantitative estimate of drug-likeness (QED) is 0.456. The fraction of sp³-hybridized carbons (Fsp3) is 0.250. The molecule has 0 aliphatic carbocycles. The molecular formula is C12H13NO2S. The van der Waals surface area contributed by atoms with E-state index < -0.39 is 0 Å². The lowest BCUT2D eigenvalue weighted by Gasteiger charge is -1.99. The molecule has 0 aliphatic heterocycles. The van der Waals surface area contributed by atoms with Crippen molar-refractivity contribution in [3.05, 3.63) is 40.9 Å². The second-order valence-corrected chi connectivity index (χ2v) is 4.45. The van der Waals surface area contributed by atoms with E-state index in [2.05, 4.69) is 0 Å². The van der Waals surface area contributed by atoms with Crippen LogP contribution >= 0.6 is 11.8 Å². The van der Waals surface area contributed by atoms with E-state index in [-0.39, 0.29) is 0 Å². The van der Waals surface area contributed by atoms with Gasteiger partial charge in [0.1, 0.15) is 0 Å². The first kappa shape index (κ1) is 11.1. The van der Waals surface area contributed by atoms with Gasteiger partial charge >= 0.3 is 5.89 Å². The summed E-state index contributed by atoms with van der Waals surface area (Å²) in [6.45, 7) is 3.55. The molecule has 3 nitrogen and oxygen atoms in total. The molecule has 0 unspecified atom stereocenters. The van der Waals surface area contributed by atoms with Crippen molar-refractivity contribution in [2.24, 2.45) is 0 Å². The first-order valence-electron chi connectivity index (χ1n) is 4.97. The van der Waals surface area contributed by atoms with Crippen molar-refractivity contribution in [2.45, 2.75) is 18.7 Å². The molecule has 1 heterocycles. The first-order valence-corrected chi connectivity index (χ1v) is 6.20. The number of aromatic nitrogens is 1. The van der Waals surface area contributed by atoms with Gasteiger partial charge in [0.25, 0.3) is 0 Å². The Labute approximate surface area is 98.7 Å². The topological polar surface area (TPSA) is 40.1 Å². The van der Waals surface area contributed by atoms with E-state index in [1.165, 1.54) is 4.90 Å². The molecule has 0 fully saturated rings. The van der Waals surface area contributed by atoms with E-state index in [0.29, 0.717) is 17.3 Å². The fourth-order valence-electron chi connectivity index (χ4n) is 1.47. The second kappa shape index (κ2) is 4.22. The van der Waals surface area contributed by atoms with Crippen molar-refractivity contribution in [2.75, 3.05) is 6.26 Å². The molecule has 0 atom stereocenters. The van der Waals surface area contributed by atoms with Crippen LogP contribution in [0.15, 0.2) is 33.6 Å². The van der Waals surface area contributed by atoms with Gasteiger partial charge in [-0.1, -0.05) is 0 Å². The minimum absolute atomic E-state index is 0.364. The predicted octanol–water partition coefficient (Wildman–Crippen LogP) is 2.92. The van der Waals surface area contributed by atoms with E-state index >= 15 is 0 Å². The highest BCUT2D eigenvalue weighted by Crippen LogP contribution is 2.22. The summed E-state index contributed by atoms with van der Waals surface area (Å²) in [7, 11) is 0. The molecule has 84 valence electrons. The third kappa shape index (κ3) is 1.80. The minimum atomic E-state index is 0.364. The Morgan fingerprint density at radius 3 is 2.25 bits per heavy atom. The molecule has 4 heteroatoms. The molecule has 0 N–H and O–H groups in total. The molecule has 0 radical (unpaired) electrons. The summed E-state index contributed by atoms with van der Waals surface area (Å²) < 4.78 is 6.29. The van der Waals surface area contributed by atoms with Crippen LogP contribution in [0.3, 0.4) is 0 Å². The molecule has 0 saturated carbocycles. The summed E-state index contributed by atoms with van der Waals surface area (Å²) in [5, 5.41) is 11.8. The molecule has 2 rings (SSSR count). The SMILES string of the molecule is CSc1ccc(-c2oc(C)c(C)[n+]2[O-])cc1. The largest absolute Gasteiger partial charge is 0.616 e. The van der Waals surface area contributed by atoms with E-state index in [1.54, 1.807) is 25.6 Å². The Balaban J connectivity index is 2.46. The molecule has 2 aromatic rings. The molecule has 1 aromatic heterocycles. The second-order valence-electron chi connectivity index (χ2n) is 3.57. The Morgan fingerprint density at radius 2 is 1.81 bits per heavy atom. The number of hydrogen-bond acceptors (Lipinski definition) is 3. The number of hydrogen-bond donors (Lipinski definition) is 0. The summed E-state index contributed by atoms with van der Waals surface area (Å²) in [4.78, 5) is 1.17. The van der Waals surface area contributed by atoms with Crippen molar-refractivity contribution in [1.82, 2.24) is 0 Å². The number of oxazole rings is 1. The molecular weight excluding hydrogens is 222 g/mol. The van der Waals surface area contributed by atoms with Crippen molar-refractivity contribution >= 4 is 11.8 Å². The number of aryl methyl sites for hydroxylation is 1. The third-order valence-corrected chi connectivity index (χ3v) is 3.33. The van der Waals surface area contributed by atoms with Crippen LogP contribution in [0.5, 0.6) is 0 Å². The van der Waals surface area contributed by atoms with E-state index in [1.807, 2.05) is 30.5 Å². The van der Waals surface area contributed by atoms with Crippen molar-refractivity contribution < 1.29 is 9.15 Å². The van der Waals surface area contributed by atoms with Gasteiger partial charge < -0.3 is 9.62 Å². The maximum Gasteiger partial charge on any atom is 0.392 e. The van der Waals surface area contributed by atoms with E-state index in [9.17, 15) is 5.21 Å². The lowest BCUT2D eigenvalue weighted by molar-refractivity contribution is -0.602. The van der Waals surface area contributed by atoms with Gasteiger partial charge in [-0.15, -0.1) is 16.5 Å². The average molecular weight is 235 g/mol. The van der Waals surface area contributed by atoms with Gasteiger partial charge in [-0.05, 0) is 30.5 Å². The zero-order valence-electron chi connectivity index (χ0n) is 9.48. The monoisotopic (exact) mass is 235 g/mol. The van der Waals surface area contributed by atoms with Crippen molar-refractivity contribution in [3.63, 3.8) is 0 Å². The highest BCUT2D eigenvalue weighted by Gasteiger charge is 2.19. The molecule has 1 aromatic carbocycles. The number of nitrogens with zero attached hydrogens (tertiary/aromatic N) is 1. The predicted molar refractivity (Wildman–Crippen MR) is 64.4 cm³/mol. The van der Waals surface area contributed by atoms with Gasteiger partial charge in [0.15, 0.2) is 5.76 Å². The number of thioether (sulfide) groups is 1. The third-order valence-electron chi connectivity index (χ3n) is 2.59. The maximum absolute atomic E-state index is 11.8. The smallest absolute Gasteiger partial charge is 0.392 e. The highest BCUT2D eigenvalue weighted by molar-refractivity contribution is 7.98. The Kier molecular flexibility index (Phi) is 2.92. The molecule has 16 heavy (non-hydrogen) atoms. The van der Waals surface area contributed by atoms with Gasteiger partial charge in [0.05, 0.1) is 5.56 Å². The molecule has 0 saturated heterocycles. The maximum atomic E-state index is 11.8. The summed E-state index contributed by atoms with van der Waals surface area (Å²) in [5.41, 5.74) is 1.42. The van der Waals surface area contributed by atoms with Crippen LogP contribution in [-0.2, 0) is 0 Å². The molecule has 0 aliphatic rings. The Bertz CT molecular complexity index is 502. The van der Waals surface area contributed by atoms with E-state index in [4.69, 9.17) is 4.42 Å². The standard InChI is InChI=1S/C12H13NO2S/c1-8-9(2)15-12(13(8)14)10-4-6-11(16-3)7-5-10/h4-7H,1-3H3. The number of benzene rings is 1. The van der Waals surface area contributed by atoms with E-state index in [0.717, 1.165) is 10.3 Å². The normalized spacial score (nSPS) is 10.7. The summed E-state index contributed by atoms with van der Waals surface area (Å²) in [6, 6.07) is 7.76. The van der Waals surface area contributed by atoms with Crippen LogP contribution in [0.2, 0.25) is 0 Å². The van der Waals surface area contributed by atoms with Crippen LogP contribution in [0.25, 0.3) is 11.5 Å². The summed E-state index contributed by atoms with van der Waals surface area (Å²) >= 11 is 1.67. The van der Waals surface area contributed by atoms with Gasteiger partial charge in [-0.2, -0.15) is 0 Å². The number of rotatable bonds is 2. The molecule has 0 amide bonds. The first-order chi connectivity index (χ1) is 7.63. The van der Waals surface area contributed by atoms with Crippen LogP contribution in [-0.4, -0.2) is 6.26 Å². The molecule has 0 spiro atoms. The Hall–Kier alpha value is -1.42. The van der Waals surface area contributed by atoms with Gasteiger partial charge in [-0.3, -0.25) is 0 Å². The van der Waals surface area contributed by atoms with Gasteiger partial charge in [0.2, 0.25) is 5.69 Å².